The van der Waals surface area contributed by atoms with Gasteiger partial charge in [-0.1, -0.05) is 6.92 Å². The lowest BCUT2D eigenvalue weighted by Crippen LogP contribution is -2.10. The molecule has 0 saturated heterocycles. The van der Waals surface area contributed by atoms with Crippen LogP contribution in [0.5, 0.6) is 0 Å². The van der Waals surface area contributed by atoms with Crippen molar-refractivity contribution in [3.8, 4) is 0 Å². The van der Waals surface area contributed by atoms with E-state index >= 15 is 0 Å². The average molecular weight is 266 g/mol. The van der Waals surface area contributed by atoms with E-state index in [0.29, 0.717) is 22.4 Å². The van der Waals surface area contributed by atoms with Crippen molar-refractivity contribution in [2.24, 2.45) is 7.05 Å². The minimum Gasteiger partial charge on any atom is -0.390 e. The summed E-state index contributed by atoms with van der Waals surface area (Å²) in [5.41, 5.74) is 0.555. The van der Waals surface area contributed by atoms with Crippen molar-refractivity contribution >= 4 is 11.8 Å². The van der Waals surface area contributed by atoms with Gasteiger partial charge in [-0.2, -0.15) is 0 Å². The van der Waals surface area contributed by atoms with Crippen LogP contribution in [0.2, 0.25) is 0 Å². The van der Waals surface area contributed by atoms with Gasteiger partial charge in [-0.3, -0.25) is 4.79 Å². The van der Waals surface area contributed by atoms with E-state index in [1.807, 2.05) is 14.0 Å². The summed E-state index contributed by atoms with van der Waals surface area (Å²) in [4.78, 5) is 22.6. The number of nitrogens with one attached hydrogen (secondary N) is 1. The summed E-state index contributed by atoms with van der Waals surface area (Å²) in [5.74, 6) is 0.654. The van der Waals surface area contributed by atoms with Gasteiger partial charge in [-0.05, 0) is 11.8 Å². The Bertz CT molecular complexity index is 605. The molecule has 0 amide bonds. The van der Waals surface area contributed by atoms with Gasteiger partial charge in [0.2, 0.25) is 0 Å². The van der Waals surface area contributed by atoms with Crippen molar-refractivity contribution < 1.29 is 5.11 Å². The molecule has 0 atom stereocenters. The molecule has 2 aromatic rings. The van der Waals surface area contributed by atoms with Crippen molar-refractivity contribution in [2.45, 2.75) is 30.1 Å². The number of aromatic nitrogens is 4. The zero-order chi connectivity index (χ0) is 13.1. The molecule has 2 rings (SSSR count). The van der Waals surface area contributed by atoms with Gasteiger partial charge in [-0.15, -0.1) is 0 Å². The Morgan fingerprint density at radius 1 is 1.56 bits per heavy atom. The van der Waals surface area contributed by atoms with Gasteiger partial charge in [0.15, 0.2) is 5.16 Å². The van der Waals surface area contributed by atoms with E-state index in [9.17, 15) is 4.79 Å². The van der Waals surface area contributed by atoms with E-state index in [-0.39, 0.29) is 12.2 Å². The number of rotatable bonds is 4. The van der Waals surface area contributed by atoms with Gasteiger partial charge in [0.1, 0.15) is 10.9 Å². The van der Waals surface area contributed by atoms with Gasteiger partial charge < -0.3 is 14.7 Å². The topological polar surface area (TPSA) is 83.8 Å². The molecule has 0 aromatic carbocycles. The average Bonchev–Trinajstić information content (AvgIpc) is 2.70. The van der Waals surface area contributed by atoms with Gasteiger partial charge in [0, 0.05) is 19.5 Å². The van der Waals surface area contributed by atoms with Crippen LogP contribution in [0, 0.1) is 0 Å². The molecule has 0 bridgehead atoms. The van der Waals surface area contributed by atoms with E-state index in [2.05, 4.69) is 15.0 Å². The summed E-state index contributed by atoms with van der Waals surface area (Å²) in [6, 6.07) is 1.44. The van der Waals surface area contributed by atoms with Crippen molar-refractivity contribution in [3.63, 3.8) is 0 Å². The Balaban J connectivity index is 2.30. The third-order valence-corrected chi connectivity index (χ3v) is 3.48. The molecular weight excluding hydrogens is 252 g/mol. The molecule has 0 spiro atoms. The molecule has 18 heavy (non-hydrogen) atoms. The van der Waals surface area contributed by atoms with E-state index in [1.165, 1.54) is 17.8 Å². The second kappa shape index (κ2) is 5.36. The first-order chi connectivity index (χ1) is 8.63. The summed E-state index contributed by atoms with van der Waals surface area (Å²) in [5, 5.41) is 10.4. The minimum atomic E-state index is -0.166. The lowest BCUT2D eigenvalue weighted by atomic mass is 10.4. The van der Waals surface area contributed by atoms with Crippen LogP contribution in [-0.4, -0.2) is 24.6 Å². The fraction of sp³-hybridized carbons (Fsp3) is 0.364. The van der Waals surface area contributed by atoms with Crippen molar-refractivity contribution in [1.82, 2.24) is 19.5 Å². The van der Waals surface area contributed by atoms with Crippen LogP contribution in [-0.2, 0) is 20.1 Å². The van der Waals surface area contributed by atoms with Crippen LogP contribution in [0.1, 0.15) is 18.4 Å². The number of imidazole rings is 1. The molecule has 6 nitrogen and oxygen atoms in total. The molecule has 0 aliphatic heterocycles. The SMILES string of the molecule is CCc1nc(Sc2ncc(CO)n2C)cc(=O)[nH]1. The maximum atomic E-state index is 11.4. The zero-order valence-corrected chi connectivity index (χ0v) is 11.0. The Hall–Kier alpha value is -1.60. The Kier molecular flexibility index (Phi) is 3.83. The maximum absolute atomic E-state index is 11.4. The monoisotopic (exact) mass is 266 g/mol. The minimum absolute atomic E-state index is 0.0624. The van der Waals surface area contributed by atoms with Gasteiger partial charge in [0.25, 0.3) is 5.56 Å². The Labute approximate surface area is 108 Å². The smallest absolute Gasteiger partial charge is 0.251 e. The number of aliphatic hydroxyl groups excluding tert-OH is 1. The Morgan fingerprint density at radius 3 is 2.94 bits per heavy atom. The highest BCUT2D eigenvalue weighted by Crippen LogP contribution is 2.24. The van der Waals surface area contributed by atoms with Crippen LogP contribution in [0.4, 0.5) is 0 Å². The van der Waals surface area contributed by atoms with Gasteiger partial charge in [-0.25, -0.2) is 9.97 Å². The summed E-state index contributed by atoms with van der Waals surface area (Å²) < 4.78 is 1.78. The molecule has 2 N–H and O–H groups in total. The highest BCUT2D eigenvalue weighted by molar-refractivity contribution is 7.99. The largest absolute Gasteiger partial charge is 0.390 e. The number of aromatic amines is 1. The standard InChI is InChI=1S/C11H14N4O2S/c1-3-8-13-9(17)4-10(14-8)18-11-12-5-7(6-16)15(11)2/h4-5,16H,3,6H2,1-2H3,(H,13,14,17). The Morgan fingerprint density at radius 2 is 2.33 bits per heavy atom. The first-order valence-electron chi connectivity index (χ1n) is 5.53. The van der Waals surface area contributed by atoms with Crippen LogP contribution < -0.4 is 5.56 Å². The maximum Gasteiger partial charge on any atom is 0.251 e. The number of H-pyrrole nitrogens is 1. The molecule has 96 valence electrons. The van der Waals surface area contributed by atoms with Crippen LogP contribution in [0.25, 0.3) is 0 Å². The van der Waals surface area contributed by atoms with Gasteiger partial charge >= 0.3 is 0 Å². The van der Waals surface area contributed by atoms with E-state index in [0.717, 1.165) is 5.69 Å². The van der Waals surface area contributed by atoms with E-state index < -0.39 is 0 Å². The second-order valence-electron chi connectivity index (χ2n) is 3.74. The quantitative estimate of drug-likeness (QED) is 0.796. The summed E-state index contributed by atoms with van der Waals surface area (Å²) in [6.07, 6.45) is 2.28. The highest BCUT2D eigenvalue weighted by Gasteiger charge is 2.09. The second-order valence-corrected chi connectivity index (χ2v) is 4.72. The zero-order valence-electron chi connectivity index (χ0n) is 10.2. The molecule has 2 heterocycles. The molecule has 7 heteroatoms. The summed E-state index contributed by atoms with van der Waals surface area (Å²) >= 11 is 1.30. The van der Waals surface area contributed by atoms with Crippen LogP contribution >= 0.6 is 11.8 Å². The first kappa shape index (κ1) is 12.8. The van der Waals surface area contributed by atoms with Gasteiger partial charge in [0.05, 0.1) is 18.5 Å². The fourth-order valence-corrected chi connectivity index (χ4v) is 2.33. The van der Waals surface area contributed by atoms with Crippen LogP contribution in [0.15, 0.2) is 27.2 Å². The van der Waals surface area contributed by atoms with Crippen molar-refractivity contribution in [3.05, 3.63) is 34.1 Å². The molecule has 0 aliphatic carbocycles. The highest BCUT2D eigenvalue weighted by atomic mass is 32.2. The predicted octanol–water partition coefficient (Wildman–Crippen LogP) is 0.709. The fourth-order valence-electron chi connectivity index (χ4n) is 1.46. The molecule has 0 unspecified atom stereocenters. The first-order valence-corrected chi connectivity index (χ1v) is 6.35. The third kappa shape index (κ3) is 2.62. The van der Waals surface area contributed by atoms with Crippen LogP contribution in [0.3, 0.4) is 0 Å². The molecule has 2 aromatic heterocycles. The molecular formula is C11H14N4O2S. The van der Waals surface area contributed by atoms with E-state index in [4.69, 9.17) is 5.11 Å². The summed E-state index contributed by atoms with van der Waals surface area (Å²) in [7, 11) is 1.81. The summed E-state index contributed by atoms with van der Waals surface area (Å²) in [6.45, 7) is 1.87. The number of hydrogen-bond acceptors (Lipinski definition) is 5. The molecule has 0 radical (unpaired) electrons. The normalized spacial score (nSPS) is 10.8. The third-order valence-electron chi connectivity index (χ3n) is 2.50. The van der Waals surface area contributed by atoms with Crippen molar-refractivity contribution in [1.29, 1.82) is 0 Å². The lowest BCUT2D eigenvalue weighted by Gasteiger charge is -2.04. The number of aryl methyl sites for hydroxylation is 1. The molecule has 0 fully saturated rings. The number of nitrogens with zero attached hydrogens (tertiary/aromatic N) is 3. The predicted molar refractivity (Wildman–Crippen MR) is 67.5 cm³/mol. The number of hydrogen-bond donors (Lipinski definition) is 2. The van der Waals surface area contributed by atoms with E-state index in [1.54, 1.807) is 10.8 Å². The molecule has 0 aliphatic rings. The molecule has 0 saturated carbocycles. The lowest BCUT2D eigenvalue weighted by molar-refractivity contribution is 0.271. The number of aliphatic hydroxyl groups is 1. The van der Waals surface area contributed by atoms with Crippen molar-refractivity contribution in [2.75, 3.05) is 0 Å².